The van der Waals surface area contributed by atoms with Crippen LogP contribution in [0.5, 0.6) is 0 Å². The Labute approximate surface area is 132 Å². The molecule has 1 rings (SSSR count). The molecule has 1 N–H and O–H groups in total. The lowest BCUT2D eigenvalue weighted by Crippen LogP contribution is -2.39. The van der Waals surface area contributed by atoms with Crippen LogP contribution >= 0.6 is 11.6 Å². The third-order valence-electron chi connectivity index (χ3n) is 3.67. The van der Waals surface area contributed by atoms with Crippen molar-refractivity contribution >= 4 is 23.2 Å². The van der Waals surface area contributed by atoms with Crippen molar-refractivity contribution in [1.29, 1.82) is 0 Å². The summed E-state index contributed by atoms with van der Waals surface area (Å²) in [6.45, 7) is 6.48. The molecule has 4 heteroatoms. The van der Waals surface area contributed by atoms with Crippen molar-refractivity contribution in [2.24, 2.45) is 0 Å². The first-order valence-corrected chi connectivity index (χ1v) is 8.27. The number of halogens is 1. The van der Waals surface area contributed by atoms with Crippen molar-refractivity contribution in [1.82, 2.24) is 0 Å². The first-order valence-electron chi connectivity index (χ1n) is 7.74. The number of nitrogens with zero attached hydrogens (tertiary/aromatic N) is 1. The lowest BCUT2D eigenvalue weighted by atomic mass is 10.0. The van der Waals surface area contributed by atoms with Crippen LogP contribution in [0.4, 0.5) is 5.69 Å². The van der Waals surface area contributed by atoms with E-state index in [4.69, 9.17) is 11.6 Å². The van der Waals surface area contributed by atoms with Gasteiger partial charge in [-0.15, -0.1) is 11.6 Å². The molecule has 1 atom stereocenters. The summed E-state index contributed by atoms with van der Waals surface area (Å²) in [7, 11) is 0. The Hall–Kier alpha value is -1.06. The van der Waals surface area contributed by atoms with Crippen LogP contribution in [-0.4, -0.2) is 29.5 Å². The second kappa shape index (κ2) is 9.06. The van der Waals surface area contributed by atoms with E-state index in [1.54, 1.807) is 4.90 Å². The average molecular weight is 312 g/mol. The largest absolute Gasteiger partial charge is 0.391 e. The predicted molar refractivity (Wildman–Crippen MR) is 89.2 cm³/mol. The maximum absolute atomic E-state index is 12.3. The van der Waals surface area contributed by atoms with Crippen molar-refractivity contribution < 1.29 is 9.90 Å². The average Bonchev–Trinajstić information content (AvgIpc) is 2.51. The highest BCUT2D eigenvalue weighted by molar-refractivity contribution is 6.29. The zero-order valence-corrected chi connectivity index (χ0v) is 14.0. The number of carbonyl (C=O) groups excluding carboxylic acids is 1. The minimum absolute atomic E-state index is 0.0694. The molecule has 0 spiro atoms. The van der Waals surface area contributed by atoms with Crippen LogP contribution in [0, 0.1) is 0 Å². The summed E-state index contributed by atoms with van der Waals surface area (Å²) >= 11 is 5.78. The van der Waals surface area contributed by atoms with E-state index >= 15 is 0 Å². The van der Waals surface area contributed by atoms with Gasteiger partial charge in [-0.1, -0.05) is 45.4 Å². The number of rotatable bonds is 8. The molecule has 3 nitrogen and oxygen atoms in total. The first kappa shape index (κ1) is 18.0. The van der Waals surface area contributed by atoms with E-state index in [1.165, 1.54) is 0 Å². The Morgan fingerprint density at radius 2 is 1.81 bits per heavy atom. The number of benzene rings is 1. The highest BCUT2D eigenvalue weighted by Crippen LogP contribution is 2.28. The SMILES string of the molecule is CCCC(O)CN(C(=O)CCl)c1c(CC)cccc1CC. The number of alkyl halides is 1. The molecular formula is C17H26ClNO2. The summed E-state index contributed by atoms with van der Waals surface area (Å²) in [5.74, 6) is -0.220. The molecule has 0 fully saturated rings. The van der Waals surface area contributed by atoms with Gasteiger partial charge in [-0.2, -0.15) is 0 Å². The highest BCUT2D eigenvalue weighted by atomic mass is 35.5. The van der Waals surface area contributed by atoms with Crippen molar-refractivity contribution in [2.75, 3.05) is 17.3 Å². The van der Waals surface area contributed by atoms with Crippen molar-refractivity contribution in [3.8, 4) is 0 Å². The second-order valence-electron chi connectivity index (χ2n) is 5.21. The molecule has 1 aromatic carbocycles. The number of hydrogen-bond acceptors (Lipinski definition) is 2. The summed E-state index contributed by atoms with van der Waals surface area (Å²) in [5, 5.41) is 10.1. The minimum atomic E-state index is -0.517. The van der Waals surface area contributed by atoms with Gasteiger partial charge in [0.05, 0.1) is 18.3 Å². The summed E-state index contributed by atoms with van der Waals surface area (Å²) in [6, 6.07) is 6.09. The number of aryl methyl sites for hydroxylation is 2. The van der Waals surface area contributed by atoms with Gasteiger partial charge in [0.2, 0.25) is 5.91 Å². The number of aliphatic hydroxyl groups is 1. The fourth-order valence-electron chi connectivity index (χ4n) is 2.59. The van der Waals surface area contributed by atoms with Gasteiger partial charge in [-0.25, -0.2) is 0 Å². The van der Waals surface area contributed by atoms with Crippen LogP contribution in [0.3, 0.4) is 0 Å². The van der Waals surface area contributed by atoms with Gasteiger partial charge < -0.3 is 10.0 Å². The number of amides is 1. The standard InChI is InChI=1S/C17H26ClNO2/c1-4-8-15(20)12-19(16(21)11-18)17-13(5-2)9-7-10-14(17)6-3/h7,9-10,15,20H,4-6,8,11-12H2,1-3H3. The van der Waals surface area contributed by atoms with Crippen LogP contribution in [-0.2, 0) is 17.6 Å². The molecule has 0 aliphatic carbocycles. The lowest BCUT2D eigenvalue weighted by Gasteiger charge is -2.29. The molecule has 21 heavy (non-hydrogen) atoms. The molecule has 0 saturated heterocycles. The van der Waals surface area contributed by atoms with Crippen LogP contribution < -0.4 is 4.90 Å². The topological polar surface area (TPSA) is 40.5 Å². The van der Waals surface area contributed by atoms with Gasteiger partial charge in [0, 0.05) is 0 Å². The van der Waals surface area contributed by atoms with Crippen LogP contribution in [0.15, 0.2) is 18.2 Å². The molecule has 1 aromatic rings. The fraction of sp³-hybridized carbons (Fsp3) is 0.588. The molecule has 0 aliphatic rings. The minimum Gasteiger partial charge on any atom is -0.391 e. The summed E-state index contributed by atoms with van der Waals surface area (Å²) in [4.78, 5) is 13.9. The summed E-state index contributed by atoms with van der Waals surface area (Å²) < 4.78 is 0. The first-order chi connectivity index (χ1) is 10.1. The van der Waals surface area contributed by atoms with E-state index in [9.17, 15) is 9.90 Å². The van der Waals surface area contributed by atoms with Gasteiger partial charge in [-0.3, -0.25) is 4.79 Å². The van der Waals surface area contributed by atoms with Crippen molar-refractivity contribution in [2.45, 2.75) is 52.6 Å². The Kier molecular flexibility index (Phi) is 7.76. The van der Waals surface area contributed by atoms with E-state index in [0.717, 1.165) is 36.1 Å². The van der Waals surface area contributed by atoms with E-state index in [2.05, 4.69) is 13.8 Å². The Morgan fingerprint density at radius 3 is 2.24 bits per heavy atom. The Bertz CT molecular complexity index is 440. The number of hydrogen-bond donors (Lipinski definition) is 1. The van der Waals surface area contributed by atoms with Crippen LogP contribution in [0.1, 0.15) is 44.7 Å². The Morgan fingerprint density at radius 1 is 1.24 bits per heavy atom. The number of para-hydroxylation sites is 1. The van der Waals surface area contributed by atoms with Gasteiger partial charge in [-0.05, 0) is 30.4 Å². The van der Waals surface area contributed by atoms with Gasteiger partial charge in [0.1, 0.15) is 5.88 Å². The molecule has 0 aromatic heterocycles. The molecule has 1 amide bonds. The number of anilines is 1. The molecule has 0 radical (unpaired) electrons. The summed E-state index contributed by atoms with van der Waals surface area (Å²) in [6.07, 6.45) is 2.75. The molecule has 0 heterocycles. The summed E-state index contributed by atoms with van der Waals surface area (Å²) in [5.41, 5.74) is 3.18. The van der Waals surface area contributed by atoms with Gasteiger partial charge >= 0.3 is 0 Å². The highest BCUT2D eigenvalue weighted by Gasteiger charge is 2.22. The smallest absolute Gasteiger partial charge is 0.242 e. The second-order valence-corrected chi connectivity index (χ2v) is 5.48. The zero-order valence-electron chi connectivity index (χ0n) is 13.2. The van der Waals surface area contributed by atoms with E-state index in [-0.39, 0.29) is 11.8 Å². The van der Waals surface area contributed by atoms with Crippen LogP contribution in [0.25, 0.3) is 0 Å². The Balaban J connectivity index is 3.22. The third-order valence-corrected chi connectivity index (χ3v) is 3.89. The van der Waals surface area contributed by atoms with E-state index in [0.29, 0.717) is 13.0 Å². The van der Waals surface area contributed by atoms with Crippen molar-refractivity contribution in [3.05, 3.63) is 29.3 Å². The zero-order chi connectivity index (χ0) is 15.8. The molecule has 118 valence electrons. The van der Waals surface area contributed by atoms with Gasteiger partial charge in [0.15, 0.2) is 0 Å². The molecular weight excluding hydrogens is 286 g/mol. The normalized spacial score (nSPS) is 12.2. The quantitative estimate of drug-likeness (QED) is 0.746. The molecule has 0 saturated carbocycles. The maximum atomic E-state index is 12.3. The van der Waals surface area contributed by atoms with E-state index in [1.807, 2.05) is 25.1 Å². The van der Waals surface area contributed by atoms with E-state index < -0.39 is 6.10 Å². The molecule has 0 aliphatic heterocycles. The number of aliphatic hydroxyl groups excluding tert-OH is 1. The lowest BCUT2D eigenvalue weighted by molar-refractivity contribution is -0.116. The van der Waals surface area contributed by atoms with Crippen molar-refractivity contribution in [3.63, 3.8) is 0 Å². The predicted octanol–water partition coefficient (Wildman–Crippen LogP) is 3.54. The maximum Gasteiger partial charge on any atom is 0.242 e. The third kappa shape index (κ3) is 4.72. The van der Waals surface area contributed by atoms with Crippen LogP contribution in [0.2, 0.25) is 0 Å². The number of carbonyl (C=O) groups is 1. The van der Waals surface area contributed by atoms with Gasteiger partial charge in [0.25, 0.3) is 0 Å². The fourth-order valence-corrected chi connectivity index (χ4v) is 2.73. The molecule has 0 bridgehead atoms. The molecule has 1 unspecified atom stereocenters. The monoisotopic (exact) mass is 311 g/mol.